The highest BCUT2D eigenvalue weighted by molar-refractivity contribution is 6.30. The number of hydrogen-bond donors (Lipinski definition) is 1. The smallest absolute Gasteiger partial charge is 0.320 e. The number of nitrogens with zero attached hydrogens (tertiary/aromatic N) is 5. The number of benzene rings is 2. The molecule has 4 aromatic rings. The zero-order valence-corrected chi connectivity index (χ0v) is 16.5. The fraction of sp³-hybridized carbons (Fsp3) is 0.143. The van der Waals surface area contributed by atoms with Crippen LogP contribution in [0.15, 0.2) is 60.9 Å². The van der Waals surface area contributed by atoms with Crippen molar-refractivity contribution < 1.29 is 4.74 Å². The molecule has 2 aromatic heterocycles. The van der Waals surface area contributed by atoms with Crippen LogP contribution < -0.4 is 10.5 Å². The molecule has 2 N–H and O–H groups in total. The van der Waals surface area contributed by atoms with E-state index >= 15 is 0 Å². The molecule has 4 rings (SSSR count). The fourth-order valence-corrected chi connectivity index (χ4v) is 2.98. The predicted molar refractivity (Wildman–Crippen MR) is 112 cm³/mol. The highest BCUT2D eigenvalue weighted by Gasteiger charge is 2.16. The fourth-order valence-electron chi connectivity index (χ4n) is 2.82. The third-order valence-electron chi connectivity index (χ3n) is 4.28. The van der Waals surface area contributed by atoms with Gasteiger partial charge in [-0.3, -0.25) is 0 Å². The van der Waals surface area contributed by atoms with Crippen molar-refractivity contribution in [2.24, 2.45) is 12.8 Å². The summed E-state index contributed by atoms with van der Waals surface area (Å²) in [6.07, 6.45) is 4.26. The Morgan fingerprint density at radius 1 is 1.03 bits per heavy atom. The molecule has 2 heterocycles. The van der Waals surface area contributed by atoms with Gasteiger partial charge in [-0.05, 0) is 30.7 Å². The van der Waals surface area contributed by atoms with Crippen molar-refractivity contribution in [3.05, 3.63) is 71.5 Å². The van der Waals surface area contributed by atoms with Crippen molar-refractivity contribution in [2.45, 2.75) is 6.42 Å². The highest BCUT2D eigenvalue weighted by atomic mass is 35.5. The van der Waals surface area contributed by atoms with Gasteiger partial charge >= 0.3 is 6.01 Å². The lowest BCUT2D eigenvalue weighted by molar-refractivity contribution is 0.416. The molecule has 0 bridgehead atoms. The molecule has 0 radical (unpaired) electrons. The van der Waals surface area contributed by atoms with Gasteiger partial charge in [0.2, 0.25) is 0 Å². The van der Waals surface area contributed by atoms with Gasteiger partial charge in [0.05, 0.1) is 5.56 Å². The van der Waals surface area contributed by atoms with Gasteiger partial charge in [-0.25, -0.2) is 14.6 Å². The molecule has 0 spiro atoms. The first-order chi connectivity index (χ1) is 14.1. The van der Waals surface area contributed by atoms with Gasteiger partial charge in [0, 0.05) is 36.1 Å². The van der Waals surface area contributed by atoms with Gasteiger partial charge in [-0.2, -0.15) is 4.98 Å². The van der Waals surface area contributed by atoms with Crippen LogP contribution in [0.3, 0.4) is 0 Å². The summed E-state index contributed by atoms with van der Waals surface area (Å²) in [4.78, 5) is 13.4. The first-order valence-corrected chi connectivity index (χ1v) is 9.47. The van der Waals surface area contributed by atoms with Crippen molar-refractivity contribution in [3.8, 4) is 34.5 Å². The quantitative estimate of drug-likeness (QED) is 0.522. The zero-order chi connectivity index (χ0) is 20.2. The van der Waals surface area contributed by atoms with Crippen molar-refractivity contribution in [2.75, 3.05) is 6.54 Å². The second-order valence-corrected chi connectivity index (χ2v) is 6.84. The van der Waals surface area contributed by atoms with E-state index in [-0.39, 0.29) is 0 Å². The molecule has 146 valence electrons. The lowest BCUT2D eigenvalue weighted by Crippen LogP contribution is -2.04. The molecular formula is C21H19ClN6O. The van der Waals surface area contributed by atoms with Crippen LogP contribution in [-0.2, 0) is 13.5 Å². The molecule has 7 nitrogen and oxygen atoms in total. The number of hydrogen-bond acceptors (Lipinski definition) is 6. The van der Waals surface area contributed by atoms with E-state index < -0.39 is 0 Å². The van der Waals surface area contributed by atoms with E-state index in [1.54, 1.807) is 36.3 Å². The minimum atomic E-state index is 0.340. The number of nitrogens with two attached hydrogens (primary N) is 1. The molecule has 2 aromatic carbocycles. The molecule has 0 amide bonds. The number of aryl methyl sites for hydroxylation is 1. The van der Waals surface area contributed by atoms with Crippen LogP contribution >= 0.6 is 11.6 Å². The normalized spacial score (nSPS) is 10.9. The van der Waals surface area contributed by atoms with Crippen molar-refractivity contribution in [3.63, 3.8) is 0 Å². The van der Waals surface area contributed by atoms with Gasteiger partial charge < -0.3 is 10.5 Å². The molecule has 0 aliphatic carbocycles. The van der Waals surface area contributed by atoms with Crippen LogP contribution in [0.1, 0.15) is 5.56 Å². The molecule has 0 unspecified atom stereocenters. The van der Waals surface area contributed by atoms with Crippen LogP contribution in [0, 0.1) is 0 Å². The molecule has 0 saturated heterocycles. The first-order valence-electron chi connectivity index (χ1n) is 9.09. The Kier molecular flexibility index (Phi) is 5.50. The van der Waals surface area contributed by atoms with Gasteiger partial charge in [-0.15, -0.1) is 5.10 Å². The van der Waals surface area contributed by atoms with E-state index in [0.29, 0.717) is 40.5 Å². The molecule has 0 fully saturated rings. The summed E-state index contributed by atoms with van der Waals surface area (Å²) in [5.74, 6) is 1.61. The summed E-state index contributed by atoms with van der Waals surface area (Å²) >= 11 is 6.20. The Morgan fingerprint density at radius 2 is 1.79 bits per heavy atom. The van der Waals surface area contributed by atoms with Gasteiger partial charge in [0.1, 0.15) is 5.75 Å². The van der Waals surface area contributed by atoms with E-state index in [1.165, 1.54) is 0 Å². The summed E-state index contributed by atoms with van der Waals surface area (Å²) in [7, 11) is 1.77. The second kappa shape index (κ2) is 8.38. The maximum atomic E-state index is 6.20. The van der Waals surface area contributed by atoms with Crippen molar-refractivity contribution >= 4 is 11.6 Å². The number of halogens is 1. The summed E-state index contributed by atoms with van der Waals surface area (Å²) in [5, 5.41) is 4.97. The topological polar surface area (TPSA) is 91.7 Å². The first kappa shape index (κ1) is 19.0. The molecular weight excluding hydrogens is 388 g/mol. The lowest BCUT2D eigenvalue weighted by Gasteiger charge is -2.10. The van der Waals surface area contributed by atoms with E-state index in [4.69, 9.17) is 22.1 Å². The largest absolute Gasteiger partial charge is 0.424 e. The summed E-state index contributed by atoms with van der Waals surface area (Å²) in [6, 6.07) is 15.4. The Labute approximate surface area is 173 Å². The third kappa shape index (κ3) is 4.26. The lowest BCUT2D eigenvalue weighted by atomic mass is 10.1. The van der Waals surface area contributed by atoms with Crippen LogP contribution in [0.2, 0.25) is 5.02 Å². The van der Waals surface area contributed by atoms with E-state index in [0.717, 1.165) is 17.5 Å². The van der Waals surface area contributed by atoms with Crippen LogP contribution in [0.4, 0.5) is 0 Å². The molecule has 0 saturated carbocycles. The van der Waals surface area contributed by atoms with Gasteiger partial charge in [-0.1, -0.05) is 41.9 Å². The summed E-state index contributed by atoms with van der Waals surface area (Å²) in [5.41, 5.74) is 8.18. The van der Waals surface area contributed by atoms with Crippen molar-refractivity contribution in [1.29, 1.82) is 0 Å². The van der Waals surface area contributed by atoms with Crippen molar-refractivity contribution in [1.82, 2.24) is 24.7 Å². The third-order valence-corrected chi connectivity index (χ3v) is 4.51. The Balaban J connectivity index is 1.67. The Morgan fingerprint density at radius 3 is 2.52 bits per heavy atom. The number of rotatable bonds is 6. The number of ether oxygens (including phenoxy) is 1. The molecule has 0 aliphatic heterocycles. The summed E-state index contributed by atoms with van der Waals surface area (Å²) in [6.45, 7) is 0.550. The standard InChI is InChI=1S/C21H19ClN6O/c1-28-21(26-19(27-28)15-5-3-2-4-6-15)29-18-11-16(22)7-8-17(18)20-24-12-14(9-10-23)13-25-20/h2-8,11-13H,9-10,23H2,1H3. The van der Waals surface area contributed by atoms with E-state index in [1.807, 2.05) is 36.4 Å². The SMILES string of the molecule is Cn1nc(-c2ccccc2)nc1Oc1cc(Cl)ccc1-c1ncc(CCN)cn1. The minimum absolute atomic E-state index is 0.340. The Bertz CT molecular complexity index is 1110. The number of aromatic nitrogens is 5. The maximum absolute atomic E-state index is 6.20. The second-order valence-electron chi connectivity index (χ2n) is 6.40. The molecule has 8 heteroatoms. The van der Waals surface area contributed by atoms with Crippen LogP contribution in [-0.4, -0.2) is 31.3 Å². The van der Waals surface area contributed by atoms with E-state index in [9.17, 15) is 0 Å². The van der Waals surface area contributed by atoms with Crippen LogP contribution in [0.5, 0.6) is 11.8 Å². The Hall–Kier alpha value is -3.29. The average Bonchev–Trinajstić information content (AvgIpc) is 3.10. The average molecular weight is 407 g/mol. The van der Waals surface area contributed by atoms with Crippen LogP contribution in [0.25, 0.3) is 22.8 Å². The van der Waals surface area contributed by atoms with Gasteiger partial charge in [0.15, 0.2) is 11.6 Å². The molecule has 29 heavy (non-hydrogen) atoms. The van der Waals surface area contributed by atoms with E-state index in [2.05, 4.69) is 20.1 Å². The predicted octanol–water partition coefficient (Wildman–Crippen LogP) is 3.89. The zero-order valence-electron chi connectivity index (χ0n) is 15.8. The maximum Gasteiger partial charge on any atom is 0.320 e. The highest BCUT2D eigenvalue weighted by Crippen LogP contribution is 2.33. The van der Waals surface area contributed by atoms with Gasteiger partial charge in [0.25, 0.3) is 0 Å². The summed E-state index contributed by atoms with van der Waals surface area (Å²) < 4.78 is 7.64. The minimum Gasteiger partial charge on any atom is -0.424 e. The molecule has 0 aliphatic rings. The molecule has 0 atom stereocenters. The monoisotopic (exact) mass is 406 g/mol.